The Hall–Kier alpha value is -2.50. The van der Waals surface area contributed by atoms with Gasteiger partial charge in [0, 0.05) is 5.39 Å². The fraction of sp³-hybridized carbons (Fsp3) is 0.286. The predicted octanol–water partition coefficient (Wildman–Crippen LogP) is 1.69. The zero-order chi connectivity index (χ0) is 14.1. The summed E-state index contributed by atoms with van der Waals surface area (Å²) in [5.41, 5.74) is 6.27. The van der Waals surface area contributed by atoms with Crippen LogP contribution in [-0.2, 0) is 0 Å². The van der Waals surface area contributed by atoms with Crippen LogP contribution >= 0.6 is 0 Å². The molecule has 0 aliphatic heterocycles. The number of nitrogens with one attached hydrogen (secondary N) is 1. The number of hydrogen-bond donors (Lipinski definition) is 3. The molecule has 20 heavy (non-hydrogen) atoms. The van der Waals surface area contributed by atoms with Crippen molar-refractivity contribution in [1.29, 1.82) is 0 Å². The van der Waals surface area contributed by atoms with Crippen LogP contribution in [0.3, 0.4) is 0 Å². The number of nitrogens with zero attached hydrogens (tertiary/aromatic N) is 1. The highest BCUT2D eigenvalue weighted by Gasteiger charge is 2.35. The fourth-order valence-corrected chi connectivity index (χ4v) is 2.23. The third-order valence-corrected chi connectivity index (χ3v) is 3.46. The smallest absolute Gasteiger partial charge is 0.287 e. The van der Waals surface area contributed by atoms with Gasteiger partial charge < -0.3 is 20.7 Å². The van der Waals surface area contributed by atoms with E-state index in [0.29, 0.717) is 5.58 Å². The maximum Gasteiger partial charge on any atom is 0.287 e. The molecule has 1 aliphatic rings. The summed E-state index contributed by atoms with van der Waals surface area (Å²) in [5, 5.41) is 15.4. The first-order valence-electron chi connectivity index (χ1n) is 6.46. The van der Waals surface area contributed by atoms with Crippen molar-refractivity contribution in [3.8, 4) is 0 Å². The fourth-order valence-electron chi connectivity index (χ4n) is 2.23. The van der Waals surface area contributed by atoms with Crippen LogP contribution in [0.4, 0.5) is 0 Å². The van der Waals surface area contributed by atoms with Gasteiger partial charge in [-0.2, -0.15) is 0 Å². The summed E-state index contributed by atoms with van der Waals surface area (Å²) in [6, 6.07) is 8.63. The number of carbonyl (C=O) groups excluding carboxylic acids is 1. The Bertz CT molecular complexity index is 640. The number of amidine groups is 1. The van der Waals surface area contributed by atoms with Gasteiger partial charge >= 0.3 is 0 Å². The lowest BCUT2D eigenvalue weighted by Crippen LogP contribution is -2.46. The first-order chi connectivity index (χ1) is 9.69. The molecular weight excluding hydrogens is 258 g/mol. The van der Waals surface area contributed by atoms with Crippen LogP contribution < -0.4 is 11.1 Å². The number of carbonyl (C=O) groups is 1. The molecule has 2 aromatic rings. The van der Waals surface area contributed by atoms with Crippen molar-refractivity contribution < 1.29 is 14.4 Å². The molecule has 1 unspecified atom stereocenters. The highest BCUT2D eigenvalue weighted by Crippen LogP contribution is 2.33. The number of furan rings is 1. The van der Waals surface area contributed by atoms with E-state index in [0.717, 1.165) is 18.2 Å². The van der Waals surface area contributed by atoms with Crippen LogP contribution in [0, 0.1) is 5.92 Å². The molecule has 0 radical (unpaired) electrons. The Labute approximate surface area is 115 Å². The van der Waals surface area contributed by atoms with E-state index in [-0.39, 0.29) is 23.4 Å². The van der Waals surface area contributed by atoms with E-state index in [1.165, 1.54) is 0 Å². The van der Waals surface area contributed by atoms with Crippen molar-refractivity contribution in [3.05, 3.63) is 36.1 Å². The molecule has 1 aromatic heterocycles. The van der Waals surface area contributed by atoms with Crippen LogP contribution in [0.25, 0.3) is 11.0 Å². The summed E-state index contributed by atoms with van der Waals surface area (Å²) in [6.07, 6.45) is 1.92. The zero-order valence-electron chi connectivity index (χ0n) is 10.7. The van der Waals surface area contributed by atoms with Gasteiger partial charge in [-0.1, -0.05) is 23.4 Å². The van der Waals surface area contributed by atoms with Crippen LogP contribution in [-0.4, -0.2) is 23.0 Å². The quantitative estimate of drug-likeness (QED) is 0.341. The molecule has 0 bridgehead atoms. The summed E-state index contributed by atoms with van der Waals surface area (Å²) in [6.45, 7) is 0. The van der Waals surface area contributed by atoms with Crippen LogP contribution in [0.5, 0.6) is 0 Å². The molecule has 1 amide bonds. The highest BCUT2D eigenvalue weighted by molar-refractivity contribution is 5.99. The number of fused-ring (bicyclic) bond motifs is 1. The molecule has 6 nitrogen and oxygen atoms in total. The van der Waals surface area contributed by atoms with Crippen molar-refractivity contribution in [2.24, 2.45) is 16.8 Å². The number of benzene rings is 1. The minimum atomic E-state index is -0.444. The van der Waals surface area contributed by atoms with Crippen molar-refractivity contribution in [3.63, 3.8) is 0 Å². The second-order valence-corrected chi connectivity index (χ2v) is 4.96. The van der Waals surface area contributed by atoms with E-state index in [1.807, 2.05) is 18.2 Å². The maximum atomic E-state index is 12.2. The predicted molar refractivity (Wildman–Crippen MR) is 73.6 cm³/mol. The lowest BCUT2D eigenvalue weighted by Gasteiger charge is -2.15. The highest BCUT2D eigenvalue weighted by atomic mass is 16.4. The Morgan fingerprint density at radius 1 is 1.45 bits per heavy atom. The Morgan fingerprint density at radius 2 is 2.20 bits per heavy atom. The SMILES string of the molecule is NC(=NO)C(NC(=O)c1cc2ccccc2o1)C1CC1. The van der Waals surface area contributed by atoms with Crippen LogP contribution in [0.1, 0.15) is 23.4 Å². The molecule has 1 atom stereocenters. The number of para-hydroxylation sites is 1. The summed E-state index contributed by atoms with van der Waals surface area (Å²) >= 11 is 0. The second kappa shape index (κ2) is 4.88. The number of oxime groups is 1. The average molecular weight is 273 g/mol. The average Bonchev–Trinajstić information content (AvgIpc) is 3.21. The minimum Gasteiger partial charge on any atom is -0.451 e. The molecular formula is C14H15N3O3. The second-order valence-electron chi connectivity index (χ2n) is 4.96. The zero-order valence-corrected chi connectivity index (χ0v) is 10.7. The lowest BCUT2D eigenvalue weighted by atomic mass is 10.1. The molecule has 3 rings (SSSR count). The molecule has 1 aliphatic carbocycles. The number of hydrogen-bond acceptors (Lipinski definition) is 4. The van der Waals surface area contributed by atoms with Gasteiger partial charge in [0.1, 0.15) is 5.58 Å². The number of nitrogens with two attached hydrogens (primary N) is 1. The first kappa shape index (κ1) is 12.5. The van der Waals surface area contributed by atoms with Crippen molar-refractivity contribution >= 4 is 22.7 Å². The summed E-state index contributed by atoms with van der Waals surface area (Å²) in [5.74, 6) is 0.128. The van der Waals surface area contributed by atoms with Crippen LogP contribution in [0.15, 0.2) is 39.9 Å². The van der Waals surface area contributed by atoms with Gasteiger partial charge in [0.05, 0.1) is 6.04 Å². The molecule has 4 N–H and O–H groups in total. The summed E-state index contributed by atoms with van der Waals surface area (Å²) < 4.78 is 5.49. The third kappa shape index (κ3) is 2.32. The van der Waals surface area contributed by atoms with Crippen molar-refractivity contribution in [2.45, 2.75) is 18.9 Å². The van der Waals surface area contributed by atoms with Crippen molar-refractivity contribution in [2.75, 3.05) is 0 Å². The number of rotatable bonds is 4. The van der Waals surface area contributed by atoms with Gasteiger partial charge in [0.15, 0.2) is 11.6 Å². The van der Waals surface area contributed by atoms with E-state index in [4.69, 9.17) is 15.4 Å². The van der Waals surface area contributed by atoms with E-state index >= 15 is 0 Å². The molecule has 0 spiro atoms. The Morgan fingerprint density at radius 3 is 2.85 bits per heavy atom. The van der Waals surface area contributed by atoms with Crippen molar-refractivity contribution in [1.82, 2.24) is 5.32 Å². The first-order valence-corrected chi connectivity index (χ1v) is 6.46. The van der Waals surface area contributed by atoms with Gasteiger partial charge in [0.25, 0.3) is 5.91 Å². The van der Waals surface area contributed by atoms with Gasteiger partial charge in [-0.15, -0.1) is 0 Å². The Kier molecular flexibility index (Phi) is 3.06. The monoisotopic (exact) mass is 273 g/mol. The minimum absolute atomic E-state index is 0.0250. The topological polar surface area (TPSA) is 101 Å². The summed E-state index contributed by atoms with van der Waals surface area (Å²) in [7, 11) is 0. The largest absolute Gasteiger partial charge is 0.451 e. The molecule has 1 heterocycles. The van der Waals surface area contributed by atoms with Gasteiger partial charge in [-0.3, -0.25) is 4.79 Å². The molecule has 0 saturated heterocycles. The Balaban J connectivity index is 1.81. The summed E-state index contributed by atoms with van der Waals surface area (Å²) in [4.78, 5) is 12.2. The lowest BCUT2D eigenvalue weighted by molar-refractivity contribution is 0.0917. The molecule has 1 fully saturated rings. The maximum absolute atomic E-state index is 12.2. The van der Waals surface area contributed by atoms with E-state index < -0.39 is 6.04 Å². The normalized spacial score (nSPS) is 17.1. The van der Waals surface area contributed by atoms with E-state index in [1.54, 1.807) is 12.1 Å². The third-order valence-electron chi connectivity index (χ3n) is 3.46. The van der Waals surface area contributed by atoms with Gasteiger partial charge in [0.2, 0.25) is 0 Å². The van der Waals surface area contributed by atoms with Crippen LogP contribution in [0.2, 0.25) is 0 Å². The molecule has 104 valence electrons. The standard InChI is InChI=1S/C14H15N3O3/c15-13(17-19)12(8-5-6-8)16-14(18)11-7-9-3-1-2-4-10(9)20-11/h1-4,7-8,12,19H,5-6H2,(H2,15,17)(H,16,18). The number of amides is 1. The van der Waals surface area contributed by atoms with Gasteiger partial charge in [-0.25, -0.2) is 0 Å². The molecule has 6 heteroatoms. The molecule has 1 saturated carbocycles. The van der Waals surface area contributed by atoms with E-state index in [2.05, 4.69) is 10.5 Å². The van der Waals surface area contributed by atoms with E-state index in [9.17, 15) is 4.79 Å². The van der Waals surface area contributed by atoms with Gasteiger partial charge in [-0.05, 0) is 30.9 Å². The molecule has 1 aromatic carbocycles.